The number of nitriles is 1. The summed E-state index contributed by atoms with van der Waals surface area (Å²) in [4.78, 5) is 14.6. The average Bonchev–Trinajstić information content (AvgIpc) is 2.71. The van der Waals surface area contributed by atoms with Crippen molar-refractivity contribution in [3.63, 3.8) is 0 Å². The molecule has 1 saturated heterocycles. The van der Waals surface area contributed by atoms with Gasteiger partial charge in [-0.05, 0) is 17.7 Å². The number of rotatable bonds is 3. The number of anilines is 1. The third kappa shape index (κ3) is 3.43. The van der Waals surface area contributed by atoms with E-state index in [0.29, 0.717) is 17.7 Å². The van der Waals surface area contributed by atoms with Crippen LogP contribution in [0.4, 0.5) is 10.1 Å². The molecule has 0 amide bonds. The summed E-state index contributed by atoms with van der Waals surface area (Å²) in [6.07, 6.45) is 1.57. The molecule has 0 radical (unpaired) electrons. The topological polar surface area (TPSA) is 49.0 Å². The lowest BCUT2D eigenvalue weighted by Crippen LogP contribution is -2.33. The summed E-state index contributed by atoms with van der Waals surface area (Å²) in [5.41, 5.74) is 1.83. The smallest absolute Gasteiger partial charge is 0.207 e. The lowest BCUT2D eigenvalue weighted by atomic mass is 10.1. The Morgan fingerprint density at radius 1 is 1.15 bits per heavy atom. The first-order valence-electron chi connectivity index (χ1n) is 8.81. The highest BCUT2D eigenvalue weighted by Crippen LogP contribution is 2.27. The monoisotopic (exact) mass is 379 g/mol. The summed E-state index contributed by atoms with van der Waals surface area (Å²) in [6.45, 7) is 2.08. The van der Waals surface area contributed by atoms with Gasteiger partial charge in [-0.15, -0.1) is 0 Å². The van der Waals surface area contributed by atoms with Crippen LogP contribution in [0.15, 0.2) is 53.5 Å². The zero-order valence-electron chi connectivity index (χ0n) is 14.7. The Labute approximate surface area is 160 Å². The summed E-state index contributed by atoms with van der Waals surface area (Å²) in [6, 6.07) is 14.8. The van der Waals surface area contributed by atoms with Crippen molar-refractivity contribution in [1.29, 1.82) is 5.26 Å². The minimum absolute atomic E-state index is 0.0277. The molecular formula is C21H18FN3OS. The fourth-order valence-corrected chi connectivity index (χ4v) is 4.34. The predicted molar refractivity (Wildman–Crippen MR) is 108 cm³/mol. The molecule has 4 rings (SSSR count). The van der Waals surface area contributed by atoms with Gasteiger partial charge in [-0.25, -0.2) is 4.39 Å². The van der Waals surface area contributed by atoms with Gasteiger partial charge in [0, 0.05) is 37.3 Å². The van der Waals surface area contributed by atoms with Crippen molar-refractivity contribution < 1.29 is 4.39 Å². The van der Waals surface area contributed by atoms with Gasteiger partial charge < -0.3 is 9.47 Å². The van der Waals surface area contributed by atoms with Gasteiger partial charge in [0.1, 0.15) is 17.4 Å². The Bertz CT molecular complexity index is 1080. The molecule has 0 saturated carbocycles. The molecule has 0 atom stereocenters. The number of benzene rings is 2. The molecule has 6 heteroatoms. The average molecular weight is 379 g/mol. The highest BCUT2D eigenvalue weighted by Gasteiger charge is 2.19. The number of fused-ring (bicyclic) bond motifs is 1. The fraction of sp³-hybridized carbons (Fsp3) is 0.238. The minimum atomic E-state index is -0.420. The van der Waals surface area contributed by atoms with Crippen LogP contribution in [0.25, 0.3) is 10.9 Å². The van der Waals surface area contributed by atoms with Gasteiger partial charge in [-0.3, -0.25) is 4.79 Å². The Morgan fingerprint density at radius 2 is 1.89 bits per heavy atom. The molecule has 0 N–H and O–H groups in total. The van der Waals surface area contributed by atoms with E-state index in [1.807, 2.05) is 57.6 Å². The van der Waals surface area contributed by atoms with Crippen LogP contribution in [0.5, 0.6) is 0 Å². The van der Waals surface area contributed by atoms with Gasteiger partial charge in [0.15, 0.2) is 0 Å². The van der Waals surface area contributed by atoms with Crippen molar-refractivity contribution in [1.82, 2.24) is 4.57 Å². The summed E-state index contributed by atoms with van der Waals surface area (Å²) in [7, 11) is 0. The fourth-order valence-electron chi connectivity index (χ4n) is 3.44. The first-order chi connectivity index (χ1) is 13.2. The number of thioether (sulfide) groups is 1. The predicted octanol–water partition coefficient (Wildman–Crippen LogP) is 3.61. The third-order valence-corrected chi connectivity index (χ3v) is 5.76. The van der Waals surface area contributed by atoms with E-state index in [1.54, 1.807) is 12.3 Å². The zero-order valence-corrected chi connectivity index (χ0v) is 15.5. The van der Waals surface area contributed by atoms with E-state index in [0.717, 1.165) is 30.2 Å². The summed E-state index contributed by atoms with van der Waals surface area (Å²) in [5, 5.41) is 9.58. The number of aromatic nitrogens is 1. The Kier molecular flexibility index (Phi) is 4.87. The van der Waals surface area contributed by atoms with Crippen molar-refractivity contribution in [3.05, 3.63) is 75.8 Å². The van der Waals surface area contributed by atoms with Gasteiger partial charge in [0.25, 0.3) is 0 Å². The highest BCUT2D eigenvalue weighted by atomic mass is 32.2. The first kappa shape index (κ1) is 17.6. The van der Waals surface area contributed by atoms with Crippen molar-refractivity contribution in [2.45, 2.75) is 6.54 Å². The van der Waals surface area contributed by atoms with Crippen LogP contribution in [-0.4, -0.2) is 29.2 Å². The van der Waals surface area contributed by atoms with E-state index < -0.39 is 11.2 Å². The van der Waals surface area contributed by atoms with Crippen LogP contribution < -0.4 is 10.3 Å². The maximum Gasteiger partial charge on any atom is 0.207 e. The van der Waals surface area contributed by atoms with E-state index in [4.69, 9.17) is 0 Å². The van der Waals surface area contributed by atoms with Crippen LogP contribution in [0, 0.1) is 17.1 Å². The second-order valence-corrected chi connectivity index (χ2v) is 7.74. The van der Waals surface area contributed by atoms with E-state index in [2.05, 4.69) is 0 Å². The molecule has 136 valence electrons. The molecule has 4 nitrogen and oxygen atoms in total. The minimum Gasteiger partial charge on any atom is -0.367 e. The Hall–Kier alpha value is -2.78. The molecule has 27 heavy (non-hydrogen) atoms. The Balaban J connectivity index is 1.90. The summed E-state index contributed by atoms with van der Waals surface area (Å²) < 4.78 is 16.7. The number of hydrogen-bond donors (Lipinski definition) is 0. The maximum absolute atomic E-state index is 14.8. The van der Waals surface area contributed by atoms with Crippen LogP contribution in [0.3, 0.4) is 0 Å². The summed E-state index contributed by atoms with van der Waals surface area (Å²) >= 11 is 1.86. The van der Waals surface area contributed by atoms with E-state index in [9.17, 15) is 14.4 Å². The normalized spacial score (nSPS) is 14.3. The zero-order chi connectivity index (χ0) is 18.8. The third-order valence-electron chi connectivity index (χ3n) is 4.82. The number of hydrogen-bond acceptors (Lipinski definition) is 4. The molecule has 1 aliphatic heterocycles. The van der Waals surface area contributed by atoms with Crippen LogP contribution in [0.2, 0.25) is 0 Å². The van der Waals surface area contributed by atoms with Crippen LogP contribution in [-0.2, 0) is 6.54 Å². The first-order valence-corrected chi connectivity index (χ1v) is 9.96. The van der Waals surface area contributed by atoms with Crippen molar-refractivity contribution in [2.75, 3.05) is 29.5 Å². The van der Waals surface area contributed by atoms with E-state index >= 15 is 0 Å². The maximum atomic E-state index is 14.8. The van der Waals surface area contributed by atoms with E-state index in [1.165, 1.54) is 6.07 Å². The number of halogens is 1. The van der Waals surface area contributed by atoms with Gasteiger partial charge in [0.2, 0.25) is 5.43 Å². The molecular weight excluding hydrogens is 361 g/mol. The summed E-state index contributed by atoms with van der Waals surface area (Å²) in [5.74, 6) is 1.51. The van der Waals surface area contributed by atoms with Crippen molar-refractivity contribution in [3.8, 4) is 6.07 Å². The van der Waals surface area contributed by atoms with E-state index in [-0.39, 0.29) is 10.9 Å². The second-order valence-electron chi connectivity index (χ2n) is 6.52. The quantitative estimate of drug-likeness (QED) is 0.698. The molecule has 0 bridgehead atoms. The molecule has 1 fully saturated rings. The molecule has 1 aromatic heterocycles. The van der Waals surface area contributed by atoms with Crippen molar-refractivity contribution in [2.24, 2.45) is 0 Å². The standard InChI is InChI=1S/C21H18FN3OS/c22-18-10-17-19(11-20(18)24-6-8-27-9-7-24)25(14-16(12-23)21(17)26)13-15-4-2-1-3-5-15/h1-5,10-11,14H,6-9,13H2. The number of pyridine rings is 1. The van der Waals surface area contributed by atoms with Crippen LogP contribution >= 0.6 is 11.8 Å². The van der Waals surface area contributed by atoms with Crippen LogP contribution in [0.1, 0.15) is 11.1 Å². The molecule has 2 heterocycles. The lowest BCUT2D eigenvalue weighted by Gasteiger charge is -2.29. The molecule has 0 aliphatic carbocycles. The highest BCUT2D eigenvalue weighted by molar-refractivity contribution is 7.99. The van der Waals surface area contributed by atoms with Gasteiger partial charge in [-0.1, -0.05) is 30.3 Å². The molecule has 3 aromatic rings. The molecule has 2 aromatic carbocycles. The lowest BCUT2D eigenvalue weighted by molar-refractivity contribution is 0.621. The largest absolute Gasteiger partial charge is 0.367 e. The molecule has 1 aliphatic rings. The second kappa shape index (κ2) is 7.45. The van der Waals surface area contributed by atoms with Gasteiger partial charge in [-0.2, -0.15) is 17.0 Å². The van der Waals surface area contributed by atoms with Crippen molar-refractivity contribution >= 4 is 28.4 Å². The number of nitrogens with zero attached hydrogens (tertiary/aromatic N) is 3. The Morgan fingerprint density at radius 3 is 2.59 bits per heavy atom. The van der Waals surface area contributed by atoms with Gasteiger partial charge >= 0.3 is 0 Å². The molecule has 0 unspecified atom stereocenters. The SMILES string of the molecule is N#Cc1cn(Cc2ccccc2)c2cc(N3CCSCC3)c(F)cc2c1=O. The molecule has 0 spiro atoms. The van der Waals surface area contributed by atoms with Gasteiger partial charge in [0.05, 0.1) is 16.6 Å².